The molecule has 0 aliphatic heterocycles. The van der Waals surface area contributed by atoms with Crippen LogP contribution in [-0.2, 0) is 24.2 Å². The number of pyridine rings is 1. The number of aryl methyl sites for hydroxylation is 1. The van der Waals surface area contributed by atoms with Gasteiger partial charge in [0.25, 0.3) is 5.56 Å². The summed E-state index contributed by atoms with van der Waals surface area (Å²) < 4.78 is 1.10. The molecule has 0 spiro atoms. The highest BCUT2D eigenvalue weighted by Crippen LogP contribution is 2.22. The summed E-state index contributed by atoms with van der Waals surface area (Å²) in [6.07, 6.45) is 4.03. The maximum Gasteiger partial charge on any atom is 0.323 e. The summed E-state index contributed by atoms with van der Waals surface area (Å²) in [6, 6.07) is 1.88. The molecule has 1 heterocycles. The van der Waals surface area contributed by atoms with Gasteiger partial charge < -0.3 is 9.67 Å². The second kappa shape index (κ2) is 3.81. The van der Waals surface area contributed by atoms with Crippen molar-refractivity contribution >= 4 is 5.97 Å². The lowest BCUT2D eigenvalue weighted by atomic mass is 10.1. The lowest BCUT2D eigenvalue weighted by Crippen LogP contribution is -2.27. The number of carbonyl (C=O) groups is 1. The van der Waals surface area contributed by atoms with Crippen LogP contribution in [0.15, 0.2) is 11.0 Å². The molecule has 0 unspecified atom stereocenters. The van der Waals surface area contributed by atoms with Crippen molar-refractivity contribution in [1.29, 1.82) is 5.26 Å². The third kappa shape index (κ3) is 1.58. The SMILES string of the molecule is N#Cc1c2c(cn(CC(=O)O)c1=O)CCC2. The zero-order valence-corrected chi connectivity index (χ0v) is 8.56. The van der Waals surface area contributed by atoms with Gasteiger partial charge in [-0.05, 0) is 30.4 Å². The minimum absolute atomic E-state index is 0.108. The molecule has 0 atom stereocenters. The molecule has 0 bridgehead atoms. The maximum absolute atomic E-state index is 11.8. The third-order valence-corrected chi connectivity index (χ3v) is 2.77. The van der Waals surface area contributed by atoms with Crippen molar-refractivity contribution in [1.82, 2.24) is 4.57 Å². The number of aliphatic carboxylic acids is 1. The van der Waals surface area contributed by atoms with Crippen LogP contribution in [0.1, 0.15) is 23.1 Å². The van der Waals surface area contributed by atoms with Crippen LogP contribution in [0.5, 0.6) is 0 Å². The van der Waals surface area contributed by atoms with Crippen molar-refractivity contribution in [2.75, 3.05) is 0 Å². The van der Waals surface area contributed by atoms with Gasteiger partial charge in [0.1, 0.15) is 18.2 Å². The quantitative estimate of drug-likeness (QED) is 0.773. The topological polar surface area (TPSA) is 83.1 Å². The number of carboxylic acid groups (broad SMARTS) is 1. The van der Waals surface area contributed by atoms with Gasteiger partial charge in [-0.25, -0.2) is 0 Å². The summed E-state index contributed by atoms with van der Waals surface area (Å²) in [4.78, 5) is 22.4. The number of rotatable bonds is 2. The molecular weight excluding hydrogens is 208 g/mol. The van der Waals surface area contributed by atoms with Crippen LogP contribution in [0, 0.1) is 11.3 Å². The van der Waals surface area contributed by atoms with E-state index in [-0.39, 0.29) is 12.1 Å². The molecule has 0 amide bonds. The minimum atomic E-state index is -1.08. The molecule has 16 heavy (non-hydrogen) atoms. The van der Waals surface area contributed by atoms with Crippen LogP contribution in [0.3, 0.4) is 0 Å². The minimum Gasteiger partial charge on any atom is -0.480 e. The summed E-state index contributed by atoms with van der Waals surface area (Å²) in [5, 5.41) is 17.6. The zero-order chi connectivity index (χ0) is 11.7. The van der Waals surface area contributed by atoms with Crippen molar-refractivity contribution in [3.63, 3.8) is 0 Å². The van der Waals surface area contributed by atoms with Gasteiger partial charge in [-0.2, -0.15) is 5.26 Å². The van der Waals surface area contributed by atoms with Gasteiger partial charge in [-0.15, -0.1) is 0 Å². The zero-order valence-electron chi connectivity index (χ0n) is 8.56. The second-order valence-electron chi connectivity index (χ2n) is 3.80. The number of aromatic nitrogens is 1. The fourth-order valence-corrected chi connectivity index (χ4v) is 2.09. The Morgan fingerprint density at radius 2 is 2.31 bits per heavy atom. The Labute approximate surface area is 91.6 Å². The Morgan fingerprint density at radius 1 is 1.56 bits per heavy atom. The van der Waals surface area contributed by atoms with Crippen LogP contribution in [0.25, 0.3) is 0 Å². The predicted molar refractivity (Wildman–Crippen MR) is 55.1 cm³/mol. The van der Waals surface area contributed by atoms with E-state index >= 15 is 0 Å². The van der Waals surface area contributed by atoms with Gasteiger partial charge in [0.05, 0.1) is 0 Å². The molecule has 0 radical (unpaired) electrons. The van der Waals surface area contributed by atoms with Crippen LogP contribution in [0.2, 0.25) is 0 Å². The first-order chi connectivity index (χ1) is 7.63. The molecule has 82 valence electrons. The number of carboxylic acids is 1. The summed E-state index contributed by atoms with van der Waals surface area (Å²) in [7, 11) is 0. The van der Waals surface area contributed by atoms with E-state index in [0.717, 1.165) is 35.0 Å². The Bertz CT molecular complexity index is 552. The van der Waals surface area contributed by atoms with Crippen molar-refractivity contribution < 1.29 is 9.90 Å². The van der Waals surface area contributed by atoms with E-state index in [0.29, 0.717) is 0 Å². The maximum atomic E-state index is 11.8. The molecule has 0 aromatic carbocycles. The van der Waals surface area contributed by atoms with Crippen molar-refractivity contribution in [3.05, 3.63) is 33.2 Å². The second-order valence-corrected chi connectivity index (χ2v) is 3.80. The monoisotopic (exact) mass is 218 g/mol. The molecule has 1 aliphatic carbocycles. The standard InChI is InChI=1S/C11H10N2O3/c12-4-9-8-3-1-2-7(8)5-13(11(9)16)6-10(14)15/h5H,1-3,6H2,(H,14,15). The predicted octanol–water partition coefficient (Wildman–Crippen LogP) is 0.293. The van der Waals surface area contributed by atoms with E-state index in [1.54, 1.807) is 6.20 Å². The Kier molecular flexibility index (Phi) is 2.49. The van der Waals surface area contributed by atoms with E-state index in [1.165, 1.54) is 0 Å². The molecule has 5 nitrogen and oxygen atoms in total. The van der Waals surface area contributed by atoms with Crippen molar-refractivity contribution in [2.24, 2.45) is 0 Å². The molecule has 1 aliphatic rings. The van der Waals surface area contributed by atoms with Gasteiger partial charge in [-0.3, -0.25) is 9.59 Å². The fourth-order valence-electron chi connectivity index (χ4n) is 2.09. The summed E-state index contributed by atoms with van der Waals surface area (Å²) in [5.74, 6) is -1.08. The molecule has 0 fully saturated rings. The van der Waals surface area contributed by atoms with Crippen LogP contribution in [-0.4, -0.2) is 15.6 Å². The van der Waals surface area contributed by atoms with E-state index in [9.17, 15) is 9.59 Å². The fraction of sp³-hybridized carbons (Fsp3) is 0.364. The smallest absolute Gasteiger partial charge is 0.323 e. The number of hydrogen-bond donors (Lipinski definition) is 1. The van der Waals surface area contributed by atoms with Gasteiger partial charge in [0.15, 0.2) is 0 Å². The number of hydrogen-bond acceptors (Lipinski definition) is 3. The molecule has 0 saturated carbocycles. The highest BCUT2D eigenvalue weighted by molar-refractivity contribution is 5.66. The number of nitriles is 1. The first kappa shape index (κ1) is 10.4. The van der Waals surface area contributed by atoms with Gasteiger partial charge >= 0.3 is 5.97 Å². The first-order valence-corrected chi connectivity index (χ1v) is 5.00. The average molecular weight is 218 g/mol. The van der Waals surface area contributed by atoms with Crippen molar-refractivity contribution in [3.8, 4) is 6.07 Å². The summed E-state index contributed by atoms with van der Waals surface area (Å²) >= 11 is 0. The molecular formula is C11H10N2O3. The highest BCUT2D eigenvalue weighted by atomic mass is 16.4. The Balaban J connectivity index is 2.62. The Hall–Kier alpha value is -2.09. The normalized spacial score (nSPS) is 13.2. The van der Waals surface area contributed by atoms with E-state index < -0.39 is 11.5 Å². The number of nitrogens with zero attached hydrogens (tertiary/aromatic N) is 2. The molecule has 2 rings (SSSR count). The molecule has 0 saturated heterocycles. The van der Waals surface area contributed by atoms with E-state index in [2.05, 4.69) is 0 Å². The van der Waals surface area contributed by atoms with Gasteiger partial charge in [-0.1, -0.05) is 0 Å². The highest BCUT2D eigenvalue weighted by Gasteiger charge is 2.20. The van der Waals surface area contributed by atoms with E-state index in [4.69, 9.17) is 10.4 Å². The average Bonchev–Trinajstić information content (AvgIpc) is 2.66. The third-order valence-electron chi connectivity index (χ3n) is 2.77. The summed E-state index contributed by atoms with van der Waals surface area (Å²) in [5.41, 5.74) is 1.34. The van der Waals surface area contributed by atoms with Crippen LogP contribution < -0.4 is 5.56 Å². The number of fused-ring (bicyclic) bond motifs is 1. The molecule has 1 aromatic heterocycles. The van der Waals surface area contributed by atoms with E-state index in [1.807, 2.05) is 6.07 Å². The largest absolute Gasteiger partial charge is 0.480 e. The van der Waals surface area contributed by atoms with Crippen LogP contribution in [0.4, 0.5) is 0 Å². The lowest BCUT2D eigenvalue weighted by molar-refractivity contribution is -0.137. The lowest BCUT2D eigenvalue weighted by Gasteiger charge is -2.07. The molecule has 1 N–H and O–H groups in total. The summed E-state index contributed by atoms with van der Waals surface area (Å²) in [6.45, 7) is -0.388. The Morgan fingerprint density at radius 3 is 2.94 bits per heavy atom. The van der Waals surface area contributed by atoms with Crippen LogP contribution >= 0.6 is 0 Å². The molecule has 1 aromatic rings. The van der Waals surface area contributed by atoms with Crippen molar-refractivity contribution in [2.45, 2.75) is 25.8 Å². The van der Waals surface area contributed by atoms with Gasteiger partial charge in [0, 0.05) is 6.20 Å². The first-order valence-electron chi connectivity index (χ1n) is 5.00. The molecule has 5 heteroatoms. The van der Waals surface area contributed by atoms with Gasteiger partial charge in [0.2, 0.25) is 0 Å².